The Kier molecular flexibility index (Phi) is 25.4. The molecule has 16 nitrogen and oxygen atoms in total. The third-order valence-electron chi connectivity index (χ3n) is 13.5. The van der Waals surface area contributed by atoms with Crippen molar-refractivity contribution in [2.24, 2.45) is 17.8 Å². The van der Waals surface area contributed by atoms with Crippen LogP contribution >= 0.6 is 0 Å². The first-order valence-electron chi connectivity index (χ1n) is 26.0. The minimum atomic E-state index is -1.08. The zero-order chi connectivity index (χ0) is 54.0. The maximum Gasteiger partial charge on any atom is 0.306 e. The van der Waals surface area contributed by atoms with Crippen molar-refractivity contribution in [1.82, 2.24) is 10.2 Å². The summed E-state index contributed by atoms with van der Waals surface area (Å²) in [5.74, 6) is 0.0443. The number of hydrogen-bond donors (Lipinski definition) is 1. The van der Waals surface area contributed by atoms with Crippen molar-refractivity contribution in [3.8, 4) is 11.5 Å². The van der Waals surface area contributed by atoms with E-state index in [2.05, 4.69) is 10.2 Å². The fourth-order valence-electron chi connectivity index (χ4n) is 9.05. The maximum atomic E-state index is 13.5. The fraction of sp³-hybridized carbons (Fsp3) is 0.508. The zero-order valence-corrected chi connectivity index (χ0v) is 44.8. The largest absolute Gasteiger partial charge is 0.497 e. The van der Waals surface area contributed by atoms with E-state index in [0.717, 1.165) is 29.5 Å². The van der Waals surface area contributed by atoms with Gasteiger partial charge in [-0.3, -0.25) is 24.1 Å². The van der Waals surface area contributed by atoms with E-state index in [0.29, 0.717) is 56.4 Å². The number of benzene rings is 4. The molecule has 408 valence electrons. The van der Waals surface area contributed by atoms with Crippen molar-refractivity contribution in [2.45, 2.75) is 90.8 Å². The molecule has 4 aromatic carbocycles. The Morgan fingerprint density at radius 3 is 1.83 bits per heavy atom. The summed E-state index contributed by atoms with van der Waals surface area (Å²) in [7, 11) is 3.26. The lowest BCUT2D eigenvalue weighted by Crippen LogP contribution is -2.58. The molecule has 0 aliphatic carbocycles. The van der Waals surface area contributed by atoms with Crippen LogP contribution in [0.25, 0.3) is 0 Å². The van der Waals surface area contributed by atoms with Crippen LogP contribution in [-0.2, 0) is 57.9 Å². The van der Waals surface area contributed by atoms with E-state index in [1.54, 1.807) is 14.2 Å². The summed E-state index contributed by atoms with van der Waals surface area (Å²) < 4.78 is 53.4. The Balaban J connectivity index is 1.21. The fourth-order valence-corrected chi connectivity index (χ4v) is 9.05. The number of Topliss-reactive ketones (excluding diaryl/α,β-unsaturated/α-hetero) is 2. The number of carbonyl (C=O) groups is 5. The first-order valence-corrected chi connectivity index (χ1v) is 26.0. The van der Waals surface area contributed by atoms with Crippen LogP contribution < -0.4 is 14.8 Å². The molecule has 1 aliphatic heterocycles. The topological polar surface area (TPSA) is 184 Å². The van der Waals surface area contributed by atoms with E-state index in [4.69, 9.17) is 42.6 Å². The molecule has 0 bridgehead atoms. The van der Waals surface area contributed by atoms with Crippen LogP contribution in [0.3, 0.4) is 0 Å². The lowest BCUT2D eigenvalue weighted by atomic mass is 9.79. The Morgan fingerprint density at radius 2 is 1.24 bits per heavy atom. The highest BCUT2D eigenvalue weighted by Crippen LogP contribution is 2.42. The van der Waals surface area contributed by atoms with Crippen LogP contribution in [0.2, 0.25) is 0 Å². The predicted octanol–water partition coefficient (Wildman–Crippen LogP) is 8.01. The zero-order valence-electron chi connectivity index (χ0n) is 44.8. The van der Waals surface area contributed by atoms with Crippen LogP contribution in [-0.4, -0.2) is 139 Å². The molecular formula is C59H78N2O14. The standard InChI is InChI=1S/C59H78N2O14/c1-42(62)21-30-56(66)73-39-47(40-74-59(49-19-12-9-13-20-49,50-22-26-52(67-6)27-23-50)51-24-28-53(68-7)29-25-51)16-14-15-31-61(38-54(65)48-17-10-8-11-18-48)32-33-69-34-35-70-36-37-71-58-57(60-45(4)63)44(3)43(2)55(75-58)41-72-46(5)64/h8-13,17-20,22-29,43-44,47,55,57-58H,14-16,21,30-41H2,1-7H3,(H,60,63). The summed E-state index contributed by atoms with van der Waals surface area (Å²) in [6.07, 6.45) is 1.07. The van der Waals surface area contributed by atoms with Gasteiger partial charge in [-0.25, -0.2) is 0 Å². The summed E-state index contributed by atoms with van der Waals surface area (Å²) in [6.45, 7) is 11.4. The average molecular weight is 1040 g/mol. The number of unbranched alkanes of at least 4 members (excludes halogenated alkanes) is 1. The number of nitrogens with zero attached hydrogens (tertiary/aromatic N) is 1. The number of esters is 2. The van der Waals surface area contributed by atoms with Crippen LogP contribution in [0.4, 0.5) is 0 Å². The molecule has 0 radical (unpaired) electrons. The number of carbonyl (C=O) groups excluding carboxylic acids is 5. The highest BCUT2D eigenvalue weighted by Gasteiger charge is 2.43. The number of hydrogen-bond acceptors (Lipinski definition) is 15. The highest BCUT2D eigenvalue weighted by atomic mass is 16.7. The Morgan fingerprint density at radius 1 is 0.653 bits per heavy atom. The van der Waals surface area contributed by atoms with E-state index in [9.17, 15) is 24.0 Å². The molecule has 1 fully saturated rings. The van der Waals surface area contributed by atoms with Crippen molar-refractivity contribution in [3.05, 3.63) is 131 Å². The monoisotopic (exact) mass is 1040 g/mol. The number of ether oxygens (including phenoxy) is 9. The van der Waals surface area contributed by atoms with Gasteiger partial charge >= 0.3 is 11.9 Å². The first-order chi connectivity index (χ1) is 36.2. The second kappa shape index (κ2) is 31.8. The van der Waals surface area contributed by atoms with Crippen LogP contribution in [0.5, 0.6) is 11.5 Å². The smallest absolute Gasteiger partial charge is 0.306 e. The van der Waals surface area contributed by atoms with Crippen molar-refractivity contribution >= 4 is 29.4 Å². The van der Waals surface area contributed by atoms with Gasteiger partial charge in [0.05, 0.1) is 85.6 Å². The summed E-state index contributed by atoms with van der Waals surface area (Å²) in [4.78, 5) is 63.8. The van der Waals surface area contributed by atoms with Gasteiger partial charge in [-0.1, -0.05) is 105 Å². The molecule has 6 unspecified atom stereocenters. The van der Waals surface area contributed by atoms with Gasteiger partial charge < -0.3 is 52.7 Å². The lowest BCUT2D eigenvalue weighted by Gasteiger charge is -2.44. The molecule has 4 aromatic rings. The molecule has 1 heterocycles. The summed E-state index contributed by atoms with van der Waals surface area (Å²) >= 11 is 0. The molecule has 1 N–H and O–H groups in total. The Bertz CT molecular complexity index is 2280. The first kappa shape index (κ1) is 59.9. The van der Waals surface area contributed by atoms with Gasteiger partial charge in [0.1, 0.15) is 29.5 Å². The second-order valence-corrected chi connectivity index (χ2v) is 19.0. The molecule has 0 spiro atoms. The molecule has 5 rings (SSSR count). The van der Waals surface area contributed by atoms with Gasteiger partial charge in [0.25, 0.3) is 0 Å². The Hall–Kier alpha value is -6.01. The molecule has 16 heteroatoms. The molecular weight excluding hydrogens is 961 g/mol. The van der Waals surface area contributed by atoms with E-state index < -0.39 is 36.0 Å². The summed E-state index contributed by atoms with van der Waals surface area (Å²) in [5.41, 5.74) is 2.20. The van der Waals surface area contributed by atoms with E-state index in [1.165, 1.54) is 20.8 Å². The van der Waals surface area contributed by atoms with E-state index >= 15 is 0 Å². The van der Waals surface area contributed by atoms with Crippen molar-refractivity contribution < 1.29 is 66.6 Å². The van der Waals surface area contributed by atoms with Crippen molar-refractivity contribution in [1.29, 1.82) is 0 Å². The minimum Gasteiger partial charge on any atom is -0.497 e. The molecule has 6 atom stereocenters. The van der Waals surface area contributed by atoms with Crippen LogP contribution in [0.1, 0.15) is 93.8 Å². The number of amides is 1. The number of methoxy groups -OCH3 is 2. The number of nitrogens with one attached hydrogen (secondary N) is 1. The molecule has 0 saturated carbocycles. The van der Waals surface area contributed by atoms with Gasteiger partial charge in [-0.2, -0.15) is 0 Å². The summed E-state index contributed by atoms with van der Waals surface area (Å²) in [6, 6.07) is 34.4. The third-order valence-corrected chi connectivity index (χ3v) is 13.5. The molecule has 1 saturated heterocycles. The quantitative estimate of drug-likeness (QED) is 0.0205. The van der Waals surface area contributed by atoms with Gasteiger partial charge in [-0.15, -0.1) is 0 Å². The van der Waals surface area contributed by atoms with E-state index in [1.807, 2.05) is 123 Å². The van der Waals surface area contributed by atoms with Crippen LogP contribution in [0, 0.1) is 17.8 Å². The van der Waals surface area contributed by atoms with Gasteiger partial charge in [0.15, 0.2) is 12.1 Å². The van der Waals surface area contributed by atoms with Crippen LogP contribution in [0.15, 0.2) is 109 Å². The second-order valence-electron chi connectivity index (χ2n) is 19.0. The predicted molar refractivity (Wildman–Crippen MR) is 283 cm³/mol. The number of ketones is 2. The Labute approximate surface area is 443 Å². The molecule has 0 aromatic heterocycles. The van der Waals surface area contributed by atoms with Gasteiger partial charge in [0.2, 0.25) is 5.91 Å². The summed E-state index contributed by atoms with van der Waals surface area (Å²) in [5, 5.41) is 2.95. The van der Waals surface area contributed by atoms with E-state index in [-0.39, 0.29) is 87.6 Å². The van der Waals surface area contributed by atoms with Crippen molar-refractivity contribution in [3.63, 3.8) is 0 Å². The lowest BCUT2D eigenvalue weighted by molar-refractivity contribution is -0.247. The van der Waals surface area contributed by atoms with Gasteiger partial charge in [-0.05, 0) is 79.1 Å². The SMILES string of the molecule is COc1ccc(C(OCC(CCCCN(CCOCCOCCOC2OC(COC(C)=O)C(C)C(C)C2NC(C)=O)CC(=O)c2ccccc2)COC(=O)CCC(C)=O)(c2ccccc2)c2ccc(OC)cc2)cc1. The van der Waals surface area contributed by atoms with Crippen molar-refractivity contribution in [2.75, 3.05) is 86.7 Å². The molecule has 1 amide bonds. The molecule has 1 aliphatic rings. The normalized spacial score (nSPS) is 17.9. The average Bonchev–Trinajstić information content (AvgIpc) is 3.42. The molecule has 75 heavy (non-hydrogen) atoms. The highest BCUT2D eigenvalue weighted by molar-refractivity contribution is 5.97. The number of rotatable bonds is 34. The maximum absolute atomic E-state index is 13.5. The third kappa shape index (κ3) is 19.3. The van der Waals surface area contributed by atoms with Gasteiger partial charge in [0, 0.05) is 38.3 Å². The minimum absolute atomic E-state index is 0.000623.